The summed E-state index contributed by atoms with van der Waals surface area (Å²) in [6, 6.07) is 18.4. The van der Waals surface area contributed by atoms with Gasteiger partial charge >= 0.3 is 0 Å². The normalized spacial score (nSPS) is 31.7. The van der Waals surface area contributed by atoms with E-state index in [1.54, 1.807) is 0 Å². The van der Waals surface area contributed by atoms with Crippen molar-refractivity contribution in [1.82, 2.24) is 5.32 Å². The number of amides is 1. The molecule has 0 aromatic heterocycles. The molecule has 0 radical (unpaired) electrons. The number of carbonyl (C=O) groups is 1. The van der Waals surface area contributed by atoms with Gasteiger partial charge in [-0.25, -0.2) is 0 Å². The molecule has 0 aliphatic carbocycles. The number of fused-ring (bicyclic) bond motifs is 1. The van der Waals surface area contributed by atoms with Crippen molar-refractivity contribution in [3.05, 3.63) is 71.8 Å². The summed E-state index contributed by atoms with van der Waals surface area (Å²) in [5.74, 6) is -0.281. The minimum Gasteiger partial charge on any atom is -0.388 e. The van der Waals surface area contributed by atoms with Gasteiger partial charge in [0.05, 0.1) is 13.2 Å². The highest BCUT2D eigenvalue weighted by Crippen LogP contribution is 2.34. The van der Waals surface area contributed by atoms with Crippen LogP contribution in [0.2, 0.25) is 0 Å². The Balaban J connectivity index is 1.48. The number of carbonyl (C=O) groups excluding carboxylic acids is 1. The Labute approximate surface area is 169 Å². The van der Waals surface area contributed by atoms with E-state index in [-0.39, 0.29) is 12.5 Å². The quantitative estimate of drug-likeness (QED) is 0.799. The van der Waals surface area contributed by atoms with Crippen molar-refractivity contribution in [2.24, 2.45) is 0 Å². The average molecular weight is 399 g/mol. The molecule has 2 fully saturated rings. The Morgan fingerprint density at radius 2 is 1.79 bits per heavy atom. The van der Waals surface area contributed by atoms with Gasteiger partial charge in [-0.3, -0.25) is 4.79 Å². The molecule has 4 rings (SSSR count). The third-order valence-electron chi connectivity index (χ3n) is 5.06. The van der Waals surface area contributed by atoms with E-state index in [4.69, 9.17) is 18.9 Å². The van der Waals surface area contributed by atoms with E-state index in [1.165, 1.54) is 6.92 Å². The molecular weight excluding hydrogens is 374 g/mol. The fraction of sp³-hybridized carbons (Fsp3) is 0.409. The van der Waals surface area contributed by atoms with Crippen molar-refractivity contribution >= 4 is 5.91 Å². The third kappa shape index (κ3) is 4.66. The smallest absolute Gasteiger partial charge is 0.217 e. The monoisotopic (exact) mass is 399 g/mol. The van der Waals surface area contributed by atoms with Crippen LogP contribution in [0.5, 0.6) is 0 Å². The summed E-state index contributed by atoms with van der Waals surface area (Å²) < 4.78 is 23.8. The van der Waals surface area contributed by atoms with Gasteiger partial charge in [-0.05, 0) is 5.56 Å². The fourth-order valence-corrected chi connectivity index (χ4v) is 3.65. The van der Waals surface area contributed by atoms with Gasteiger partial charge in [0.15, 0.2) is 12.6 Å². The van der Waals surface area contributed by atoms with Gasteiger partial charge in [0, 0.05) is 12.5 Å². The first-order chi connectivity index (χ1) is 14.1. The zero-order valence-electron chi connectivity index (χ0n) is 16.1. The average Bonchev–Trinajstić information content (AvgIpc) is 2.75. The van der Waals surface area contributed by atoms with Crippen LogP contribution in [-0.2, 0) is 30.3 Å². The number of benzene rings is 2. The molecule has 2 aliphatic heterocycles. The first-order valence-electron chi connectivity index (χ1n) is 9.70. The maximum absolute atomic E-state index is 11.7. The fourth-order valence-electron chi connectivity index (χ4n) is 3.65. The van der Waals surface area contributed by atoms with Crippen LogP contribution in [0, 0.1) is 0 Å². The van der Waals surface area contributed by atoms with Crippen LogP contribution in [0.15, 0.2) is 60.7 Å². The zero-order chi connectivity index (χ0) is 20.2. The van der Waals surface area contributed by atoms with Crippen molar-refractivity contribution in [3.8, 4) is 0 Å². The molecule has 0 spiro atoms. The molecule has 154 valence electrons. The van der Waals surface area contributed by atoms with Crippen LogP contribution < -0.4 is 5.32 Å². The predicted molar refractivity (Wildman–Crippen MR) is 104 cm³/mol. The van der Waals surface area contributed by atoms with Crippen LogP contribution in [0.25, 0.3) is 0 Å². The summed E-state index contributed by atoms with van der Waals surface area (Å²) in [4.78, 5) is 11.7. The number of nitrogens with one attached hydrogen (secondary N) is 1. The Bertz CT molecular complexity index is 801. The molecule has 1 amide bonds. The molecule has 1 unspecified atom stereocenters. The van der Waals surface area contributed by atoms with Crippen molar-refractivity contribution in [3.63, 3.8) is 0 Å². The molecule has 0 bridgehead atoms. The molecule has 7 heteroatoms. The molecular formula is C22H25NO6. The highest BCUT2D eigenvalue weighted by Gasteiger charge is 2.50. The van der Waals surface area contributed by atoms with Crippen molar-refractivity contribution < 1.29 is 28.8 Å². The second-order valence-electron chi connectivity index (χ2n) is 7.23. The number of hydrogen-bond donors (Lipinski definition) is 2. The number of rotatable bonds is 5. The Hall–Kier alpha value is -2.29. The highest BCUT2D eigenvalue weighted by molar-refractivity contribution is 5.73. The summed E-state index contributed by atoms with van der Waals surface area (Å²) in [5.41, 5.74) is 1.83. The second kappa shape index (κ2) is 9.02. The van der Waals surface area contributed by atoms with E-state index in [9.17, 15) is 9.90 Å². The molecule has 2 aromatic carbocycles. The number of ether oxygens (including phenoxy) is 4. The van der Waals surface area contributed by atoms with Crippen molar-refractivity contribution in [1.29, 1.82) is 0 Å². The minimum atomic E-state index is -1.01. The largest absolute Gasteiger partial charge is 0.388 e. The molecule has 29 heavy (non-hydrogen) atoms. The summed E-state index contributed by atoms with van der Waals surface area (Å²) in [5, 5.41) is 13.7. The lowest BCUT2D eigenvalue weighted by molar-refractivity contribution is -0.345. The van der Waals surface area contributed by atoms with Crippen LogP contribution >= 0.6 is 0 Å². The van der Waals surface area contributed by atoms with E-state index in [1.807, 2.05) is 60.7 Å². The third-order valence-corrected chi connectivity index (χ3v) is 5.06. The number of aliphatic hydroxyl groups is 1. The van der Waals surface area contributed by atoms with Crippen molar-refractivity contribution in [2.45, 2.75) is 50.5 Å². The molecule has 2 N–H and O–H groups in total. The van der Waals surface area contributed by atoms with Gasteiger partial charge < -0.3 is 29.4 Å². The predicted octanol–water partition coefficient (Wildman–Crippen LogP) is 1.91. The molecule has 2 aromatic rings. The lowest BCUT2D eigenvalue weighted by atomic mass is 9.95. The molecule has 7 nitrogen and oxygen atoms in total. The standard InChI is InChI=1S/C22H25NO6/c1-14(24)23-18-19(25)20-17(13-27-21(29-20)16-10-6-3-7-11-16)28-22(18)26-12-15-8-4-2-5-9-15/h2-11,17-22,25H,12-13H2,1H3,(H,23,24)/t17-,18+,19-,20-,21?,22+/m1/s1. The molecule has 2 aliphatic rings. The number of aliphatic hydroxyl groups excluding tert-OH is 1. The van der Waals surface area contributed by atoms with Gasteiger partial charge in [-0.2, -0.15) is 0 Å². The highest BCUT2D eigenvalue weighted by atomic mass is 16.7. The van der Waals surface area contributed by atoms with Gasteiger partial charge in [0.1, 0.15) is 24.4 Å². The Morgan fingerprint density at radius 3 is 2.48 bits per heavy atom. The van der Waals surface area contributed by atoms with Crippen LogP contribution in [0.4, 0.5) is 0 Å². The van der Waals surface area contributed by atoms with E-state index < -0.39 is 36.9 Å². The van der Waals surface area contributed by atoms with Gasteiger partial charge in [-0.1, -0.05) is 60.7 Å². The maximum Gasteiger partial charge on any atom is 0.217 e. The lowest BCUT2D eigenvalue weighted by Gasteiger charge is -2.47. The van der Waals surface area contributed by atoms with Gasteiger partial charge in [0.25, 0.3) is 0 Å². The van der Waals surface area contributed by atoms with Gasteiger partial charge in [-0.15, -0.1) is 0 Å². The molecule has 2 saturated heterocycles. The van der Waals surface area contributed by atoms with E-state index in [2.05, 4.69) is 5.32 Å². The number of hydrogen-bond acceptors (Lipinski definition) is 6. The summed E-state index contributed by atoms with van der Waals surface area (Å²) in [6.45, 7) is 1.93. The van der Waals surface area contributed by atoms with Crippen LogP contribution in [0.3, 0.4) is 0 Å². The van der Waals surface area contributed by atoms with Gasteiger partial charge in [0.2, 0.25) is 5.91 Å². The van der Waals surface area contributed by atoms with Crippen LogP contribution in [0.1, 0.15) is 24.3 Å². The minimum absolute atomic E-state index is 0.249. The Morgan fingerprint density at radius 1 is 1.10 bits per heavy atom. The summed E-state index contributed by atoms with van der Waals surface area (Å²) in [7, 11) is 0. The topological polar surface area (TPSA) is 86.3 Å². The van der Waals surface area contributed by atoms with E-state index in [0.29, 0.717) is 6.61 Å². The second-order valence-corrected chi connectivity index (χ2v) is 7.23. The zero-order valence-corrected chi connectivity index (χ0v) is 16.1. The lowest BCUT2D eigenvalue weighted by Crippen LogP contribution is -2.66. The van der Waals surface area contributed by atoms with Crippen molar-refractivity contribution in [2.75, 3.05) is 6.61 Å². The van der Waals surface area contributed by atoms with Crippen LogP contribution in [-0.4, -0.2) is 48.3 Å². The molecule has 0 saturated carbocycles. The SMILES string of the molecule is CC(=O)N[C@@H]1[C@@H](OCc2ccccc2)O[C@@H]2COC(c3ccccc3)O[C@H]2[C@@H]1O. The first kappa shape index (κ1) is 20.0. The molecule has 2 heterocycles. The summed E-state index contributed by atoms with van der Waals surface area (Å²) in [6.07, 6.45) is -3.59. The first-order valence-corrected chi connectivity index (χ1v) is 9.70. The van der Waals surface area contributed by atoms with E-state index in [0.717, 1.165) is 11.1 Å². The molecule has 6 atom stereocenters. The maximum atomic E-state index is 11.7. The van der Waals surface area contributed by atoms with E-state index >= 15 is 0 Å². The summed E-state index contributed by atoms with van der Waals surface area (Å²) >= 11 is 0. The Kier molecular flexibility index (Phi) is 6.22.